The second-order valence-corrected chi connectivity index (χ2v) is 6.37. The molecule has 2 rings (SSSR count). The molecule has 0 radical (unpaired) electrons. The summed E-state index contributed by atoms with van der Waals surface area (Å²) in [6.45, 7) is 2.05. The molecule has 0 atom stereocenters. The van der Waals surface area contributed by atoms with E-state index in [0.29, 0.717) is 9.44 Å². The zero-order valence-electron chi connectivity index (χ0n) is 9.56. The monoisotopic (exact) mass is 280 g/mol. The molecule has 2 aromatic rings. The minimum atomic E-state index is 0.432. The first kappa shape index (κ1) is 12.5. The van der Waals surface area contributed by atoms with Crippen molar-refractivity contribution in [2.75, 3.05) is 6.26 Å². The van der Waals surface area contributed by atoms with E-state index in [9.17, 15) is 0 Å². The summed E-state index contributed by atoms with van der Waals surface area (Å²) in [6, 6.07) is 9.90. The maximum Gasteiger partial charge on any atom is 0.168 e. The number of benzene rings is 1. The van der Waals surface area contributed by atoms with Crippen LogP contribution in [0.3, 0.4) is 0 Å². The summed E-state index contributed by atoms with van der Waals surface area (Å²) >= 11 is 8.52. The van der Waals surface area contributed by atoms with E-state index in [1.807, 2.05) is 43.5 Å². The molecule has 0 bridgehead atoms. The average Bonchev–Trinajstić information content (AvgIpc) is 2.30. The third kappa shape index (κ3) is 2.68. The first-order chi connectivity index (χ1) is 8.11. The van der Waals surface area contributed by atoms with Gasteiger partial charge in [0.1, 0.15) is 5.49 Å². The minimum Gasteiger partial charge on any atom is -0.284 e. The second-order valence-electron chi connectivity index (χ2n) is 3.59. The van der Waals surface area contributed by atoms with Gasteiger partial charge in [0.2, 0.25) is 0 Å². The molecule has 0 saturated heterocycles. The number of aromatic nitrogens is 1. The van der Waals surface area contributed by atoms with E-state index in [2.05, 4.69) is 0 Å². The van der Waals surface area contributed by atoms with E-state index < -0.39 is 0 Å². The fourth-order valence-electron chi connectivity index (χ4n) is 1.47. The average molecular weight is 280 g/mol. The van der Waals surface area contributed by atoms with Crippen molar-refractivity contribution in [2.45, 2.75) is 11.1 Å². The molecule has 0 unspecified atom stereocenters. The molecular formula is C12H12N2S3. The molecule has 1 N–H and O–H groups in total. The predicted octanol–water partition coefficient (Wildman–Crippen LogP) is 3.78. The van der Waals surface area contributed by atoms with Crippen molar-refractivity contribution in [3.05, 3.63) is 45.3 Å². The van der Waals surface area contributed by atoms with Crippen LogP contribution in [0.1, 0.15) is 5.56 Å². The Balaban J connectivity index is 2.64. The number of rotatable bonds is 2. The van der Waals surface area contributed by atoms with Gasteiger partial charge in [0.15, 0.2) is 3.95 Å². The molecule has 5 heteroatoms. The normalized spacial score (nSPS) is 10.5. The number of thioether (sulfide) groups is 1. The smallest absolute Gasteiger partial charge is 0.168 e. The van der Waals surface area contributed by atoms with Crippen LogP contribution in [-0.2, 0) is 0 Å². The molecule has 0 amide bonds. The Kier molecular flexibility index (Phi) is 3.81. The van der Waals surface area contributed by atoms with Gasteiger partial charge in [-0.15, -0.1) is 11.8 Å². The summed E-state index contributed by atoms with van der Waals surface area (Å²) in [5, 5.41) is 8.04. The number of nitrogens with zero attached hydrogens (tertiary/aromatic N) is 1. The fourth-order valence-corrected chi connectivity index (χ4v) is 3.54. The van der Waals surface area contributed by atoms with Gasteiger partial charge in [-0.05, 0) is 37.5 Å². The third-order valence-corrected chi connectivity index (χ3v) is 4.74. The molecule has 17 heavy (non-hydrogen) atoms. The van der Waals surface area contributed by atoms with Crippen LogP contribution in [-0.4, -0.2) is 10.8 Å². The van der Waals surface area contributed by atoms with Gasteiger partial charge in [-0.2, -0.15) is 0 Å². The van der Waals surface area contributed by atoms with Gasteiger partial charge in [-0.3, -0.25) is 9.98 Å². The van der Waals surface area contributed by atoms with Crippen molar-refractivity contribution in [3.63, 3.8) is 0 Å². The van der Waals surface area contributed by atoms with E-state index in [0.717, 1.165) is 9.90 Å². The lowest BCUT2D eigenvalue weighted by Gasteiger charge is -2.08. The molecule has 0 aliphatic heterocycles. The first-order valence-electron chi connectivity index (χ1n) is 5.04. The lowest BCUT2D eigenvalue weighted by atomic mass is 10.2. The van der Waals surface area contributed by atoms with Crippen LogP contribution < -0.4 is 5.49 Å². The van der Waals surface area contributed by atoms with Gasteiger partial charge >= 0.3 is 0 Å². The highest BCUT2D eigenvalue weighted by Crippen LogP contribution is 2.20. The van der Waals surface area contributed by atoms with Crippen LogP contribution in [0.4, 0.5) is 0 Å². The van der Waals surface area contributed by atoms with Gasteiger partial charge in [-0.25, -0.2) is 0 Å². The molecule has 0 fully saturated rings. The van der Waals surface area contributed by atoms with Crippen molar-refractivity contribution in [1.82, 2.24) is 4.57 Å². The SMILES string of the molecule is CSc1cc(=N)n(-c2ccc(C)cc2)c(=S)s1. The summed E-state index contributed by atoms with van der Waals surface area (Å²) in [7, 11) is 0. The molecule has 0 spiro atoms. The summed E-state index contributed by atoms with van der Waals surface area (Å²) in [5.74, 6) is 0. The van der Waals surface area contributed by atoms with E-state index in [4.69, 9.17) is 17.6 Å². The Bertz CT molecular complexity index is 607. The van der Waals surface area contributed by atoms with Gasteiger partial charge in [0.05, 0.1) is 4.21 Å². The number of nitrogens with one attached hydrogen (secondary N) is 1. The van der Waals surface area contributed by atoms with E-state index >= 15 is 0 Å². The lowest BCUT2D eigenvalue weighted by Crippen LogP contribution is -2.17. The highest BCUT2D eigenvalue weighted by atomic mass is 32.2. The second kappa shape index (κ2) is 5.16. The van der Waals surface area contributed by atoms with Crippen molar-refractivity contribution in [3.8, 4) is 5.69 Å². The van der Waals surface area contributed by atoms with Crippen LogP contribution in [0.25, 0.3) is 5.69 Å². The third-order valence-electron chi connectivity index (χ3n) is 2.36. The van der Waals surface area contributed by atoms with Crippen molar-refractivity contribution in [2.24, 2.45) is 0 Å². The van der Waals surface area contributed by atoms with Gasteiger partial charge in [0.25, 0.3) is 0 Å². The zero-order valence-corrected chi connectivity index (χ0v) is 12.0. The Hall–Kier alpha value is -0.910. The molecule has 0 aliphatic rings. The van der Waals surface area contributed by atoms with Crippen LogP contribution in [0.15, 0.2) is 34.5 Å². The number of hydrogen-bond donors (Lipinski definition) is 1. The fraction of sp³-hybridized carbons (Fsp3) is 0.167. The molecule has 88 valence electrons. The minimum absolute atomic E-state index is 0.432. The summed E-state index contributed by atoms with van der Waals surface area (Å²) in [5.41, 5.74) is 2.59. The van der Waals surface area contributed by atoms with Crippen LogP contribution >= 0.6 is 35.3 Å². The number of aryl methyl sites for hydroxylation is 1. The highest BCUT2D eigenvalue weighted by molar-refractivity contribution is 8.00. The molecule has 0 aliphatic carbocycles. The molecule has 2 nitrogen and oxygen atoms in total. The lowest BCUT2D eigenvalue weighted by molar-refractivity contribution is 0.924. The van der Waals surface area contributed by atoms with E-state index in [1.54, 1.807) is 16.3 Å². The molecular weight excluding hydrogens is 268 g/mol. The number of hydrogen-bond acceptors (Lipinski definition) is 4. The van der Waals surface area contributed by atoms with Crippen molar-refractivity contribution < 1.29 is 0 Å². The van der Waals surface area contributed by atoms with Gasteiger partial charge < -0.3 is 0 Å². The molecule has 1 aromatic heterocycles. The van der Waals surface area contributed by atoms with Crippen LogP contribution in [0.2, 0.25) is 0 Å². The highest BCUT2D eigenvalue weighted by Gasteiger charge is 2.02. The Labute approximate surface area is 113 Å². The Morgan fingerprint density at radius 3 is 2.47 bits per heavy atom. The Morgan fingerprint density at radius 2 is 1.94 bits per heavy atom. The van der Waals surface area contributed by atoms with Crippen LogP contribution in [0, 0.1) is 16.3 Å². The topological polar surface area (TPSA) is 28.8 Å². The standard InChI is InChI=1S/C12H12N2S3/c1-8-3-5-9(6-4-8)14-10(13)7-11(16-2)17-12(14)15/h3-7,13H,1-2H3. The summed E-state index contributed by atoms with van der Waals surface area (Å²) < 4.78 is 3.58. The van der Waals surface area contributed by atoms with Crippen molar-refractivity contribution in [1.29, 1.82) is 5.41 Å². The van der Waals surface area contributed by atoms with Gasteiger partial charge in [0, 0.05) is 11.8 Å². The molecule has 0 saturated carbocycles. The first-order valence-corrected chi connectivity index (χ1v) is 7.49. The van der Waals surface area contributed by atoms with E-state index in [-0.39, 0.29) is 0 Å². The zero-order chi connectivity index (χ0) is 12.4. The maximum atomic E-state index is 8.04. The van der Waals surface area contributed by atoms with E-state index in [1.165, 1.54) is 16.9 Å². The largest absolute Gasteiger partial charge is 0.284 e. The Morgan fingerprint density at radius 1 is 1.29 bits per heavy atom. The summed E-state index contributed by atoms with van der Waals surface area (Å²) in [4.78, 5) is 0. The quantitative estimate of drug-likeness (QED) is 0.670. The van der Waals surface area contributed by atoms with Gasteiger partial charge in [-0.1, -0.05) is 29.0 Å². The summed E-state index contributed by atoms with van der Waals surface area (Å²) in [6.07, 6.45) is 2.00. The molecule has 1 heterocycles. The maximum absolute atomic E-state index is 8.04. The predicted molar refractivity (Wildman–Crippen MR) is 76.9 cm³/mol. The van der Waals surface area contributed by atoms with Crippen molar-refractivity contribution >= 4 is 35.3 Å². The molecule has 1 aromatic carbocycles. The van der Waals surface area contributed by atoms with Crippen LogP contribution in [0.5, 0.6) is 0 Å².